The van der Waals surface area contributed by atoms with E-state index in [0.717, 1.165) is 30.0 Å². The second-order valence-corrected chi connectivity index (χ2v) is 4.94. The summed E-state index contributed by atoms with van der Waals surface area (Å²) in [5.74, 6) is 1.50. The summed E-state index contributed by atoms with van der Waals surface area (Å²) in [5.41, 5.74) is 3.14. The summed E-state index contributed by atoms with van der Waals surface area (Å²) in [7, 11) is 0. The molecule has 4 nitrogen and oxygen atoms in total. The molecule has 20 heavy (non-hydrogen) atoms. The molecule has 0 radical (unpaired) electrons. The number of rotatable bonds is 5. The lowest BCUT2D eigenvalue weighted by Crippen LogP contribution is -1.97. The van der Waals surface area contributed by atoms with Crippen molar-refractivity contribution in [3.05, 3.63) is 54.4 Å². The van der Waals surface area contributed by atoms with Crippen molar-refractivity contribution in [2.24, 2.45) is 0 Å². The molecule has 1 aromatic carbocycles. The number of aromatic nitrogens is 3. The molecule has 0 bridgehead atoms. The first-order chi connectivity index (χ1) is 9.85. The van der Waals surface area contributed by atoms with Gasteiger partial charge in [-0.1, -0.05) is 12.1 Å². The Morgan fingerprint density at radius 1 is 1.20 bits per heavy atom. The van der Waals surface area contributed by atoms with Crippen LogP contribution in [0.15, 0.2) is 48.8 Å². The fourth-order valence-electron chi connectivity index (χ4n) is 2.11. The van der Waals surface area contributed by atoms with Gasteiger partial charge in [-0.25, -0.2) is 9.50 Å². The van der Waals surface area contributed by atoms with E-state index in [1.807, 2.05) is 30.5 Å². The average Bonchev–Trinajstić information content (AvgIpc) is 2.93. The monoisotopic (exact) mass is 286 g/mol. The maximum absolute atomic E-state index is 5.73. The van der Waals surface area contributed by atoms with Crippen LogP contribution in [0.25, 0.3) is 5.65 Å². The van der Waals surface area contributed by atoms with Crippen LogP contribution in [0.5, 0.6) is 0 Å². The van der Waals surface area contributed by atoms with Gasteiger partial charge in [-0.2, -0.15) is 5.10 Å². The van der Waals surface area contributed by atoms with Gasteiger partial charge in [0.2, 0.25) is 0 Å². The van der Waals surface area contributed by atoms with Crippen LogP contribution in [0.1, 0.15) is 12.0 Å². The standard InChI is InChI=1S/C15H15ClN4/c16-8-2-4-12-3-1-5-13(11-12)18-14-7-10-20-15(19-14)6-9-17-20/h1,3,5-7,9-11H,2,4,8H2,(H,18,19). The van der Waals surface area contributed by atoms with E-state index in [4.69, 9.17) is 11.6 Å². The number of nitrogens with one attached hydrogen (secondary N) is 1. The van der Waals surface area contributed by atoms with Crippen LogP contribution in [-0.2, 0) is 6.42 Å². The predicted octanol–water partition coefficient (Wildman–Crippen LogP) is 3.64. The third-order valence-electron chi connectivity index (χ3n) is 3.06. The zero-order chi connectivity index (χ0) is 13.8. The summed E-state index contributed by atoms with van der Waals surface area (Å²) in [5, 5.41) is 7.45. The SMILES string of the molecule is ClCCCc1cccc(Nc2ccn3nccc3n2)c1. The summed E-state index contributed by atoms with van der Waals surface area (Å²) in [4.78, 5) is 4.49. The first-order valence-corrected chi connectivity index (χ1v) is 7.11. The minimum Gasteiger partial charge on any atom is -0.340 e. The van der Waals surface area contributed by atoms with Crippen LogP contribution in [0, 0.1) is 0 Å². The van der Waals surface area contributed by atoms with E-state index in [1.165, 1.54) is 5.56 Å². The normalized spacial score (nSPS) is 10.8. The van der Waals surface area contributed by atoms with Crippen molar-refractivity contribution in [3.63, 3.8) is 0 Å². The van der Waals surface area contributed by atoms with Crippen molar-refractivity contribution in [3.8, 4) is 0 Å². The molecule has 0 fully saturated rings. The average molecular weight is 287 g/mol. The van der Waals surface area contributed by atoms with Crippen molar-refractivity contribution in [1.29, 1.82) is 0 Å². The zero-order valence-corrected chi connectivity index (χ0v) is 11.7. The highest BCUT2D eigenvalue weighted by atomic mass is 35.5. The summed E-state index contributed by atoms with van der Waals surface area (Å²) in [6.07, 6.45) is 5.61. The van der Waals surface area contributed by atoms with Crippen molar-refractivity contribution in [2.45, 2.75) is 12.8 Å². The van der Waals surface area contributed by atoms with Crippen LogP contribution >= 0.6 is 11.6 Å². The lowest BCUT2D eigenvalue weighted by Gasteiger charge is -2.07. The summed E-state index contributed by atoms with van der Waals surface area (Å²) in [6.45, 7) is 0. The van der Waals surface area contributed by atoms with Gasteiger partial charge in [0, 0.05) is 23.8 Å². The van der Waals surface area contributed by atoms with Gasteiger partial charge in [0.1, 0.15) is 5.82 Å². The van der Waals surface area contributed by atoms with Crippen LogP contribution in [0.2, 0.25) is 0 Å². The van der Waals surface area contributed by atoms with Gasteiger partial charge in [0.25, 0.3) is 0 Å². The Balaban J connectivity index is 1.79. The Hall–Kier alpha value is -2.07. The Bertz CT molecular complexity index is 708. The second kappa shape index (κ2) is 5.92. The van der Waals surface area contributed by atoms with E-state index < -0.39 is 0 Å². The van der Waals surface area contributed by atoms with Crippen molar-refractivity contribution < 1.29 is 0 Å². The molecule has 0 aliphatic heterocycles. The Labute approximate surface area is 122 Å². The smallest absolute Gasteiger partial charge is 0.157 e. The van der Waals surface area contributed by atoms with Gasteiger partial charge >= 0.3 is 0 Å². The van der Waals surface area contributed by atoms with E-state index in [9.17, 15) is 0 Å². The highest BCUT2D eigenvalue weighted by Crippen LogP contribution is 2.17. The molecule has 0 unspecified atom stereocenters. The minimum atomic E-state index is 0.692. The molecule has 0 atom stereocenters. The maximum Gasteiger partial charge on any atom is 0.157 e. The molecule has 0 amide bonds. The number of fused-ring (bicyclic) bond motifs is 1. The molecule has 2 aromatic heterocycles. The van der Waals surface area contributed by atoms with Gasteiger partial charge in [-0.15, -0.1) is 11.6 Å². The molecule has 0 saturated carbocycles. The molecule has 102 valence electrons. The van der Waals surface area contributed by atoms with Crippen LogP contribution in [0.3, 0.4) is 0 Å². The zero-order valence-electron chi connectivity index (χ0n) is 11.0. The Morgan fingerprint density at radius 2 is 2.15 bits per heavy atom. The van der Waals surface area contributed by atoms with Crippen LogP contribution in [0.4, 0.5) is 11.5 Å². The highest BCUT2D eigenvalue weighted by molar-refractivity contribution is 6.17. The molecule has 0 aliphatic rings. The fraction of sp³-hybridized carbons (Fsp3) is 0.200. The number of aryl methyl sites for hydroxylation is 1. The second-order valence-electron chi connectivity index (χ2n) is 4.56. The molecule has 3 rings (SSSR count). The number of anilines is 2. The lowest BCUT2D eigenvalue weighted by molar-refractivity contribution is 0.929. The number of alkyl halides is 1. The highest BCUT2D eigenvalue weighted by Gasteiger charge is 2.00. The molecule has 1 N–H and O–H groups in total. The fourth-order valence-corrected chi connectivity index (χ4v) is 2.24. The van der Waals surface area contributed by atoms with Gasteiger partial charge in [0.05, 0.1) is 6.20 Å². The third kappa shape index (κ3) is 2.91. The molecule has 0 aliphatic carbocycles. The van der Waals surface area contributed by atoms with Gasteiger partial charge in [0.15, 0.2) is 5.65 Å². The van der Waals surface area contributed by atoms with E-state index in [-0.39, 0.29) is 0 Å². The molecular weight excluding hydrogens is 272 g/mol. The number of benzene rings is 1. The van der Waals surface area contributed by atoms with Gasteiger partial charge in [-0.05, 0) is 36.6 Å². The van der Waals surface area contributed by atoms with E-state index in [2.05, 4.69) is 27.5 Å². The molecular formula is C15H15ClN4. The molecule has 0 spiro atoms. The third-order valence-corrected chi connectivity index (χ3v) is 3.32. The van der Waals surface area contributed by atoms with Crippen molar-refractivity contribution in [1.82, 2.24) is 14.6 Å². The van der Waals surface area contributed by atoms with Crippen molar-refractivity contribution in [2.75, 3.05) is 11.2 Å². The summed E-state index contributed by atoms with van der Waals surface area (Å²) >= 11 is 5.73. The number of nitrogens with zero attached hydrogens (tertiary/aromatic N) is 3. The van der Waals surface area contributed by atoms with Gasteiger partial charge in [-0.3, -0.25) is 0 Å². The first kappa shape index (κ1) is 12.9. The Kier molecular flexibility index (Phi) is 3.83. The molecule has 0 saturated heterocycles. The minimum absolute atomic E-state index is 0.692. The van der Waals surface area contributed by atoms with E-state index >= 15 is 0 Å². The first-order valence-electron chi connectivity index (χ1n) is 6.57. The number of hydrogen-bond donors (Lipinski definition) is 1. The summed E-state index contributed by atoms with van der Waals surface area (Å²) < 4.78 is 1.74. The number of hydrogen-bond acceptors (Lipinski definition) is 3. The van der Waals surface area contributed by atoms with Crippen LogP contribution in [-0.4, -0.2) is 20.5 Å². The van der Waals surface area contributed by atoms with E-state index in [1.54, 1.807) is 10.7 Å². The largest absolute Gasteiger partial charge is 0.340 e. The topological polar surface area (TPSA) is 42.2 Å². The lowest BCUT2D eigenvalue weighted by atomic mass is 10.1. The van der Waals surface area contributed by atoms with E-state index in [0.29, 0.717) is 5.88 Å². The van der Waals surface area contributed by atoms with Gasteiger partial charge < -0.3 is 5.32 Å². The molecule has 5 heteroatoms. The molecule has 3 aromatic rings. The number of halogens is 1. The maximum atomic E-state index is 5.73. The quantitative estimate of drug-likeness (QED) is 0.728. The van der Waals surface area contributed by atoms with Crippen molar-refractivity contribution >= 4 is 28.8 Å². The molecule has 2 heterocycles. The van der Waals surface area contributed by atoms with Crippen LogP contribution < -0.4 is 5.32 Å². The predicted molar refractivity (Wildman–Crippen MR) is 81.8 cm³/mol. The Morgan fingerprint density at radius 3 is 3.05 bits per heavy atom. The summed E-state index contributed by atoms with van der Waals surface area (Å²) in [6, 6.07) is 12.1.